The second-order valence-corrected chi connectivity index (χ2v) is 6.85. The zero-order valence-corrected chi connectivity index (χ0v) is 13.5. The minimum absolute atomic E-state index is 0.507. The number of aliphatic hydroxyl groups excluding tert-OH is 1. The molecule has 0 aliphatic carbocycles. The first kappa shape index (κ1) is 14.0. The van der Waals surface area contributed by atoms with Crippen LogP contribution in [0.2, 0.25) is 5.02 Å². The average molecular weight is 369 g/mol. The SMILES string of the molecule is OC(Cc1nc2ccccc2s1)c1ccc(Cl)c(Br)c1. The maximum Gasteiger partial charge on any atom is 0.0967 e. The maximum atomic E-state index is 10.3. The molecule has 3 rings (SSSR count). The van der Waals surface area contributed by atoms with E-state index in [1.807, 2.05) is 36.4 Å². The third kappa shape index (κ3) is 2.88. The summed E-state index contributed by atoms with van der Waals surface area (Å²) in [5.74, 6) is 0. The van der Waals surface area contributed by atoms with Crippen LogP contribution in [0.25, 0.3) is 10.2 Å². The van der Waals surface area contributed by atoms with Crippen molar-refractivity contribution in [2.24, 2.45) is 0 Å². The van der Waals surface area contributed by atoms with Crippen molar-refractivity contribution in [1.29, 1.82) is 0 Å². The van der Waals surface area contributed by atoms with Gasteiger partial charge in [-0.1, -0.05) is 29.8 Å². The van der Waals surface area contributed by atoms with Crippen LogP contribution in [0.5, 0.6) is 0 Å². The number of nitrogens with zero attached hydrogens (tertiary/aromatic N) is 1. The van der Waals surface area contributed by atoms with Crippen molar-refractivity contribution >= 4 is 49.1 Å². The molecule has 1 aromatic heterocycles. The highest BCUT2D eigenvalue weighted by molar-refractivity contribution is 9.10. The van der Waals surface area contributed by atoms with E-state index in [4.69, 9.17) is 11.6 Å². The second kappa shape index (κ2) is 5.82. The van der Waals surface area contributed by atoms with Gasteiger partial charge in [0.1, 0.15) is 0 Å². The highest BCUT2D eigenvalue weighted by Gasteiger charge is 2.13. The van der Waals surface area contributed by atoms with Crippen LogP contribution in [-0.2, 0) is 6.42 Å². The molecule has 0 radical (unpaired) electrons. The third-order valence-electron chi connectivity index (χ3n) is 3.03. The largest absolute Gasteiger partial charge is 0.388 e. The van der Waals surface area contributed by atoms with Gasteiger partial charge in [-0.3, -0.25) is 0 Å². The number of aliphatic hydroxyl groups is 1. The van der Waals surface area contributed by atoms with Gasteiger partial charge in [0.15, 0.2) is 0 Å². The van der Waals surface area contributed by atoms with Gasteiger partial charge in [-0.2, -0.15) is 0 Å². The Labute approximate surface area is 134 Å². The number of halogens is 2. The minimum Gasteiger partial charge on any atom is -0.388 e. The molecule has 5 heteroatoms. The van der Waals surface area contributed by atoms with Crippen LogP contribution >= 0.6 is 38.9 Å². The summed E-state index contributed by atoms with van der Waals surface area (Å²) in [5, 5.41) is 11.9. The lowest BCUT2D eigenvalue weighted by molar-refractivity contribution is 0.178. The number of benzene rings is 2. The van der Waals surface area contributed by atoms with Crippen LogP contribution in [-0.4, -0.2) is 10.1 Å². The summed E-state index contributed by atoms with van der Waals surface area (Å²) in [7, 11) is 0. The summed E-state index contributed by atoms with van der Waals surface area (Å²) < 4.78 is 1.94. The molecule has 0 spiro atoms. The van der Waals surface area contributed by atoms with Crippen molar-refractivity contribution < 1.29 is 5.11 Å². The lowest BCUT2D eigenvalue weighted by Gasteiger charge is -2.10. The molecule has 2 nitrogen and oxygen atoms in total. The molecule has 0 amide bonds. The van der Waals surface area contributed by atoms with Gasteiger partial charge in [-0.05, 0) is 45.8 Å². The summed E-state index contributed by atoms with van der Waals surface area (Å²) in [6.07, 6.45) is -0.0722. The molecule has 0 fully saturated rings. The molecule has 1 unspecified atom stereocenters. The van der Waals surface area contributed by atoms with Gasteiger partial charge < -0.3 is 5.11 Å². The fourth-order valence-electron chi connectivity index (χ4n) is 2.01. The fraction of sp³-hybridized carbons (Fsp3) is 0.133. The zero-order valence-electron chi connectivity index (χ0n) is 10.4. The van der Waals surface area contributed by atoms with E-state index in [1.165, 1.54) is 0 Å². The number of fused-ring (bicyclic) bond motifs is 1. The second-order valence-electron chi connectivity index (χ2n) is 4.47. The summed E-state index contributed by atoms with van der Waals surface area (Å²) in [4.78, 5) is 4.54. The third-order valence-corrected chi connectivity index (χ3v) is 5.31. The molecule has 3 aromatic rings. The smallest absolute Gasteiger partial charge is 0.0967 e. The van der Waals surface area contributed by atoms with Crippen molar-refractivity contribution in [1.82, 2.24) is 4.98 Å². The molecule has 0 saturated carbocycles. The monoisotopic (exact) mass is 367 g/mol. The van der Waals surface area contributed by atoms with Crippen LogP contribution in [0.1, 0.15) is 16.7 Å². The van der Waals surface area contributed by atoms with Gasteiger partial charge in [0.2, 0.25) is 0 Å². The van der Waals surface area contributed by atoms with E-state index < -0.39 is 6.10 Å². The van der Waals surface area contributed by atoms with Crippen molar-refractivity contribution in [2.45, 2.75) is 12.5 Å². The lowest BCUT2D eigenvalue weighted by atomic mass is 10.1. The molecule has 0 aliphatic heterocycles. The number of aromatic nitrogens is 1. The van der Waals surface area contributed by atoms with Gasteiger partial charge >= 0.3 is 0 Å². The van der Waals surface area contributed by atoms with Gasteiger partial charge in [0.05, 0.1) is 26.4 Å². The molecule has 20 heavy (non-hydrogen) atoms. The highest BCUT2D eigenvalue weighted by Crippen LogP contribution is 2.29. The van der Waals surface area contributed by atoms with Crippen LogP contribution in [0, 0.1) is 0 Å². The fourth-order valence-corrected chi connectivity index (χ4v) is 3.53. The molecule has 1 N–H and O–H groups in total. The summed E-state index contributed by atoms with van der Waals surface area (Å²) >= 11 is 11.0. The Morgan fingerprint density at radius 3 is 2.80 bits per heavy atom. The van der Waals surface area contributed by atoms with Crippen molar-refractivity contribution in [3.05, 3.63) is 62.5 Å². The highest BCUT2D eigenvalue weighted by atomic mass is 79.9. The van der Waals surface area contributed by atoms with Crippen LogP contribution in [0.4, 0.5) is 0 Å². The first-order chi connectivity index (χ1) is 9.63. The number of para-hydroxylation sites is 1. The van der Waals surface area contributed by atoms with Crippen molar-refractivity contribution in [2.75, 3.05) is 0 Å². The Kier molecular flexibility index (Phi) is 4.08. The Hall–Kier alpha value is -0.940. The van der Waals surface area contributed by atoms with E-state index in [9.17, 15) is 5.11 Å². The van der Waals surface area contributed by atoms with E-state index in [1.54, 1.807) is 17.4 Å². The summed E-state index contributed by atoms with van der Waals surface area (Å²) in [5.41, 5.74) is 1.82. The minimum atomic E-state index is -0.580. The molecular formula is C15H11BrClNOS. The lowest BCUT2D eigenvalue weighted by Crippen LogP contribution is -2.01. The molecule has 2 aromatic carbocycles. The molecule has 102 valence electrons. The van der Waals surface area contributed by atoms with E-state index in [-0.39, 0.29) is 0 Å². The molecule has 0 bridgehead atoms. The van der Waals surface area contributed by atoms with Crippen LogP contribution in [0.3, 0.4) is 0 Å². The van der Waals surface area contributed by atoms with Crippen LogP contribution in [0.15, 0.2) is 46.9 Å². The summed E-state index contributed by atoms with van der Waals surface area (Å²) in [6.45, 7) is 0. The normalized spacial score (nSPS) is 12.8. The van der Waals surface area contributed by atoms with Gasteiger partial charge in [0, 0.05) is 10.9 Å². The Morgan fingerprint density at radius 1 is 1.25 bits per heavy atom. The van der Waals surface area contributed by atoms with Gasteiger partial charge in [-0.25, -0.2) is 4.98 Å². The van der Waals surface area contributed by atoms with E-state index >= 15 is 0 Å². The number of rotatable bonds is 3. The van der Waals surface area contributed by atoms with Crippen molar-refractivity contribution in [3.63, 3.8) is 0 Å². The van der Waals surface area contributed by atoms with Crippen molar-refractivity contribution in [3.8, 4) is 0 Å². The number of thiazole rings is 1. The average Bonchev–Trinajstić information content (AvgIpc) is 2.83. The first-order valence-electron chi connectivity index (χ1n) is 6.11. The Morgan fingerprint density at radius 2 is 2.05 bits per heavy atom. The standard InChI is InChI=1S/C15H11BrClNOS/c16-10-7-9(5-6-11(10)17)13(19)8-15-18-12-3-1-2-4-14(12)20-15/h1-7,13,19H,8H2. The Balaban J connectivity index is 1.84. The first-order valence-corrected chi connectivity index (χ1v) is 8.09. The zero-order chi connectivity index (χ0) is 14.1. The van der Waals surface area contributed by atoms with Crippen LogP contribution < -0.4 is 0 Å². The Bertz CT molecular complexity index is 725. The molecular weight excluding hydrogens is 358 g/mol. The molecule has 0 aliphatic rings. The van der Waals surface area contributed by atoms with Gasteiger partial charge in [-0.15, -0.1) is 11.3 Å². The van der Waals surface area contributed by atoms with E-state index in [0.29, 0.717) is 11.4 Å². The predicted molar refractivity (Wildman–Crippen MR) is 87.4 cm³/mol. The number of hydrogen-bond acceptors (Lipinski definition) is 3. The van der Waals surface area contributed by atoms with E-state index in [0.717, 1.165) is 25.3 Å². The topological polar surface area (TPSA) is 33.1 Å². The molecule has 1 heterocycles. The molecule has 0 saturated heterocycles. The predicted octanol–water partition coefficient (Wildman–Crippen LogP) is 4.99. The van der Waals surface area contributed by atoms with E-state index in [2.05, 4.69) is 20.9 Å². The quantitative estimate of drug-likeness (QED) is 0.706. The van der Waals surface area contributed by atoms with Gasteiger partial charge in [0.25, 0.3) is 0 Å². The number of hydrogen-bond donors (Lipinski definition) is 1. The summed E-state index contributed by atoms with van der Waals surface area (Å²) in [6, 6.07) is 13.5. The maximum absolute atomic E-state index is 10.3. The molecule has 1 atom stereocenters.